The molecule has 2 aliphatic heterocycles. The molecule has 4 atom stereocenters. The highest BCUT2D eigenvalue weighted by molar-refractivity contribution is 7.95. The summed E-state index contributed by atoms with van der Waals surface area (Å²) in [4.78, 5) is 18.1. The van der Waals surface area contributed by atoms with Gasteiger partial charge >= 0.3 is 5.97 Å². The molecule has 1 aromatic rings. The Morgan fingerprint density at radius 1 is 1.28 bits per heavy atom. The van der Waals surface area contributed by atoms with E-state index in [2.05, 4.69) is 5.87 Å². The molecule has 1 aromatic carbocycles. The van der Waals surface area contributed by atoms with Crippen LogP contribution in [0, 0.1) is 12.8 Å². The molecule has 2 fully saturated rings. The van der Waals surface area contributed by atoms with E-state index in [1.807, 2.05) is 52.8 Å². The number of ether oxygens (including phenoxy) is 2. The fraction of sp³-hybridized carbons (Fsp3) is 0.619. The third-order valence-corrected chi connectivity index (χ3v) is 5.06. The molecular formula is C21H35NO6S. The number of rotatable bonds is 6. The van der Waals surface area contributed by atoms with Crippen molar-refractivity contribution < 1.29 is 27.5 Å². The number of para-hydroxylation sites is 1. The molecule has 2 aliphatic rings. The van der Waals surface area contributed by atoms with Gasteiger partial charge in [-0.25, -0.2) is 4.21 Å². The Labute approximate surface area is 175 Å². The second-order valence-corrected chi connectivity index (χ2v) is 8.52. The van der Waals surface area contributed by atoms with Gasteiger partial charge in [0.25, 0.3) is 0 Å². The number of aryl methyl sites for hydroxylation is 1. The molecule has 0 aliphatic carbocycles. The molecule has 2 unspecified atom stereocenters. The second kappa shape index (κ2) is 11.5. The van der Waals surface area contributed by atoms with E-state index in [1.54, 1.807) is 12.2 Å². The van der Waals surface area contributed by atoms with Crippen LogP contribution >= 0.6 is 0 Å². The topological polar surface area (TPSA) is 74.3 Å². The molecule has 0 N–H and O–H groups in total. The molecule has 0 bridgehead atoms. The maximum absolute atomic E-state index is 12.1. The second-order valence-electron chi connectivity index (χ2n) is 6.44. The average Bonchev–Trinajstić information content (AvgIpc) is 3.24. The molecule has 166 valence electrons. The molecule has 0 radical (unpaired) electrons. The molecule has 2 heterocycles. The summed E-state index contributed by atoms with van der Waals surface area (Å²) in [6, 6.07) is 5.33. The van der Waals surface area contributed by atoms with Gasteiger partial charge in [0, 0.05) is 11.8 Å². The van der Waals surface area contributed by atoms with Crippen LogP contribution in [-0.4, -0.2) is 59.8 Å². The van der Waals surface area contributed by atoms with Crippen LogP contribution in [-0.2, 0) is 34.9 Å². The van der Waals surface area contributed by atoms with Gasteiger partial charge in [-0.2, -0.15) is 5.06 Å². The Bertz CT molecular complexity index is 764. The van der Waals surface area contributed by atoms with E-state index in [0.29, 0.717) is 6.54 Å². The first kappa shape index (κ1) is 25.4. The van der Waals surface area contributed by atoms with Gasteiger partial charge in [-0.05, 0) is 18.4 Å². The first-order chi connectivity index (χ1) is 13.8. The minimum atomic E-state index is -2.59. The summed E-state index contributed by atoms with van der Waals surface area (Å²) in [6.07, 6.45) is 1.01. The van der Waals surface area contributed by atoms with E-state index < -0.39 is 21.9 Å². The molecule has 0 amide bonds. The SMILES string of the molecule is C=S(C)(=O)OCC1ON(Cc2cccc(C)c2OC)[C@@H]2C(=O)OC[C@H]12.CC.CC. The summed E-state index contributed by atoms with van der Waals surface area (Å²) in [5.74, 6) is 3.76. The number of benzene rings is 1. The number of hydrogen-bond donors (Lipinski definition) is 0. The number of cyclic esters (lactones) is 1. The Morgan fingerprint density at radius 2 is 1.93 bits per heavy atom. The lowest BCUT2D eigenvalue weighted by Gasteiger charge is -2.22. The highest BCUT2D eigenvalue weighted by Gasteiger charge is 2.53. The molecular weight excluding hydrogens is 394 g/mol. The molecule has 29 heavy (non-hydrogen) atoms. The summed E-state index contributed by atoms with van der Waals surface area (Å²) < 4.78 is 27.6. The average molecular weight is 430 g/mol. The van der Waals surface area contributed by atoms with Crippen LogP contribution in [0.1, 0.15) is 38.8 Å². The number of nitrogens with zero attached hydrogens (tertiary/aromatic N) is 1. The maximum Gasteiger partial charge on any atom is 0.326 e. The number of hydrogen-bond acceptors (Lipinski definition) is 7. The predicted octanol–water partition coefficient (Wildman–Crippen LogP) is 2.99. The monoisotopic (exact) mass is 429 g/mol. The lowest BCUT2D eigenvalue weighted by molar-refractivity contribution is -0.191. The number of methoxy groups -OCH3 is 1. The van der Waals surface area contributed by atoms with Crippen LogP contribution in [0.4, 0.5) is 0 Å². The molecule has 7 nitrogen and oxygen atoms in total. The minimum absolute atomic E-state index is 0.0953. The van der Waals surface area contributed by atoms with Crippen LogP contribution in [0.25, 0.3) is 0 Å². The molecule has 0 aromatic heterocycles. The van der Waals surface area contributed by atoms with Crippen molar-refractivity contribution in [3.8, 4) is 5.75 Å². The van der Waals surface area contributed by atoms with Gasteiger partial charge in [0.2, 0.25) is 0 Å². The zero-order valence-corrected chi connectivity index (χ0v) is 19.4. The van der Waals surface area contributed by atoms with Crippen molar-refractivity contribution in [1.29, 1.82) is 0 Å². The molecule has 2 saturated heterocycles. The lowest BCUT2D eigenvalue weighted by atomic mass is 9.98. The number of esters is 1. The van der Waals surface area contributed by atoms with Crippen LogP contribution in [0.3, 0.4) is 0 Å². The van der Waals surface area contributed by atoms with Gasteiger partial charge < -0.3 is 9.47 Å². The lowest BCUT2D eigenvalue weighted by Crippen LogP contribution is -2.35. The third-order valence-electron chi connectivity index (χ3n) is 4.43. The van der Waals surface area contributed by atoms with Crippen molar-refractivity contribution in [2.75, 3.05) is 26.6 Å². The Morgan fingerprint density at radius 3 is 2.52 bits per heavy atom. The maximum atomic E-state index is 12.1. The highest BCUT2D eigenvalue weighted by atomic mass is 32.2. The standard InChI is InChI=1S/C17H23NO6S.2C2H6/c1-11-6-5-7-12(16(11)21-2)8-18-15-13(9-22-17(15)19)14(24-18)10-23-25(3,4)20;2*1-2/h5-7,13-15H,3,8-10H2,1-2,4H3;2*1-2H3/t13-,14?,15+,25?;;/m1../s1. The summed E-state index contributed by atoms with van der Waals surface area (Å²) in [6.45, 7) is 10.7. The Hall–Kier alpha value is -1.61. The largest absolute Gasteiger partial charge is 0.496 e. The fourth-order valence-corrected chi connectivity index (χ4v) is 3.71. The van der Waals surface area contributed by atoms with Crippen molar-refractivity contribution in [2.45, 2.75) is 53.3 Å². The van der Waals surface area contributed by atoms with Gasteiger partial charge in [0.1, 0.15) is 17.9 Å². The minimum Gasteiger partial charge on any atom is -0.496 e. The first-order valence-electron chi connectivity index (χ1n) is 9.99. The molecule has 0 spiro atoms. The van der Waals surface area contributed by atoms with Gasteiger partial charge in [-0.1, -0.05) is 45.9 Å². The van der Waals surface area contributed by atoms with E-state index >= 15 is 0 Å². The Balaban J connectivity index is 0.000000989. The van der Waals surface area contributed by atoms with Crippen LogP contribution in [0.2, 0.25) is 0 Å². The highest BCUT2D eigenvalue weighted by Crippen LogP contribution is 2.36. The van der Waals surface area contributed by atoms with Crippen LogP contribution in [0.15, 0.2) is 18.2 Å². The van der Waals surface area contributed by atoms with Gasteiger partial charge in [-0.15, -0.1) is 0 Å². The van der Waals surface area contributed by atoms with Crippen molar-refractivity contribution in [3.05, 3.63) is 29.3 Å². The van der Waals surface area contributed by atoms with E-state index in [1.165, 1.54) is 6.26 Å². The zero-order chi connectivity index (χ0) is 22.2. The fourth-order valence-electron chi connectivity index (χ4n) is 3.29. The third kappa shape index (κ3) is 6.44. The van der Waals surface area contributed by atoms with Gasteiger partial charge in [0.05, 0.1) is 42.6 Å². The van der Waals surface area contributed by atoms with E-state index in [4.69, 9.17) is 18.5 Å². The first-order valence-corrected chi connectivity index (χ1v) is 12.1. The summed E-state index contributed by atoms with van der Waals surface area (Å²) in [5, 5.41) is 1.62. The molecule has 0 saturated carbocycles. The van der Waals surface area contributed by atoms with Crippen molar-refractivity contribution >= 4 is 21.6 Å². The van der Waals surface area contributed by atoms with E-state index in [-0.39, 0.29) is 25.1 Å². The van der Waals surface area contributed by atoms with Crippen molar-refractivity contribution in [1.82, 2.24) is 5.06 Å². The van der Waals surface area contributed by atoms with E-state index in [0.717, 1.165) is 16.9 Å². The molecule has 8 heteroatoms. The van der Waals surface area contributed by atoms with Gasteiger partial charge in [0.15, 0.2) is 0 Å². The number of hydroxylamine groups is 2. The van der Waals surface area contributed by atoms with Crippen LogP contribution < -0.4 is 4.74 Å². The quantitative estimate of drug-likeness (QED) is 0.508. The number of carbonyl (C=O) groups excluding carboxylic acids is 1. The van der Waals surface area contributed by atoms with Crippen LogP contribution in [0.5, 0.6) is 5.75 Å². The van der Waals surface area contributed by atoms with Gasteiger partial charge in [-0.3, -0.25) is 13.8 Å². The normalized spacial score (nSPS) is 24.9. The smallest absolute Gasteiger partial charge is 0.326 e. The summed E-state index contributed by atoms with van der Waals surface area (Å²) >= 11 is 0. The summed E-state index contributed by atoms with van der Waals surface area (Å²) in [7, 11) is -0.974. The summed E-state index contributed by atoms with van der Waals surface area (Å²) in [5.41, 5.74) is 1.92. The Kier molecular flexibility index (Phi) is 10.1. The predicted molar refractivity (Wildman–Crippen MR) is 116 cm³/mol. The van der Waals surface area contributed by atoms with E-state index in [9.17, 15) is 9.00 Å². The zero-order valence-electron chi connectivity index (χ0n) is 18.6. The van der Waals surface area contributed by atoms with Crippen molar-refractivity contribution in [3.63, 3.8) is 0 Å². The number of carbonyl (C=O) groups is 1. The van der Waals surface area contributed by atoms with Crippen molar-refractivity contribution in [2.24, 2.45) is 5.92 Å². The number of fused-ring (bicyclic) bond motifs is 1. The molecule has 3 rings (SSSR count).